The van der Waals surface area contributed by atoms with Gasteiger partial charge in [-0.3, -0.25) is 9.59 Å². The zero-order valence-corrected chi connectivity index (χ0v) is 10.6. The highest BCUT2D eigenvalue weighted by Gasteiger charge is 2.64. The third-order valence-corrected chi connectivity index (χ3v) is 3.84. The number of aliphatic hydroxyl groups excluding tert-OH is 1. The van der Waals surface area contributed by atoms with Gasteiger partial charge in [0, 0.05) is 12.0 Å². The lowest BCUT2D eigenvalue weighted by Crippen LogP contribution is -2.52. The van der Waals surface area contributed by atoms with E-state index in [0.29, 0.717) is 0 Å². The summed E-state index contributed by atoms with van der Waals surface area (Å²) in [4.78, 5) is 32.0. The van der Waals surface area contributed by atoms with Gasteiger partial charge in [0.2, 0.25) is 0 Å². The summed E-state index contributed by atoms with van der Waals surface area (Å²) in [7, 11) is 0. The fraction of sp³-hybridized carbons (Fsp3) is 0.143. The molecule has 21 heavy (non-hydrogen) atoms. The van der Waals surface area contributed by atoms with Crippen LogP contribution in [0.15, 0.2) is 51.4 Å². The van der Waals surface area contributed by atoms with Gasteiger partial charge in [-0.15, -0.1) is 0 Å². The summed E-state index contributed by atoms with van der Waals surface area (Å²) in [6.07, 6.45) is 6.79. The molecule has 1 atom stereocenters. The Kier molecular flexibility index (Phi) is 2.13. The quantitative estimate of drug-likeness (QED) is 0.906. The first-order valence-electron chi connectivity index (χ1n) is 6.17. The standard InChI is InChI=1S/C14H8N2O5/c17-8-2-1-7(8)14(10-4-16-6-21-10)12(18)11(13(14)19)9-3-15-5-20-9/h1,3-6,18H,2H2. The van der Waals surface area contributed by atoms with E-state index in [2.05, 4.69) is 9.97 Å². The molecular weight excluding hydrogens is 276 g/mol. The van der Waals surface area contributed by atoms with Crippen LogP contribution in [-0.2, 0) is 15.0 Å². The molecule has 1 N–H and O–H groups in total. The lowest BCUT2D eigenvalue weighted by atomic mass is 9.58. The normalized spacial score (nSPS) is 24.7. The number of carbonyl (C=O) groups excluding carboxylic acids is 2. The number of Topliss-reactive ketones (excluding diaryl/α,β-unsaturated/α-hetero) is 2. The van der Waals surface area contributed by atoms with E-state index in [-0.39, 0.29) is 40.6 Å². The number of nitrogens with zero attached hydrogens (tertiary/aromatic N) is 2. The molecule has 0 aromatic carbocycles. The van der Waals surface area contributed by atoms with Crippen LogP contribution in [0.25, 0.3) is 5.57 Å². The van der Waals surface area contributed by atoms with Crippen molar-refractivity contribution in [3.05, 3.63) is 54.1 Å². The van der Waals surface area contributed by atoms with E-state index < -0.39 is 11.2 Å². The highest BCUT2D eigenvalue weighted by atomic mass is 16.4. The number of allylic oxidation sites excluding steroid dienone is 3. The molecule has 4 rings (SSSR count). The average molecular weight is 284 g/mol. The fourth-order valence-electron chi connectivity index (χ4n) is 2.76. The van der Waals surface area contributed by atoms with Gasteiger partial charge < -0.3 is 13.9 Å². The molecule has 2 aliphatic carbocycles. The number of hydrogen-bond acceptors (Lipinski definition) is 7. The summed E-state index contributed by atoms with van der Waals surface area (Å²) >= 11 is 0. The zero-order chi connectivity index (χ0) is 14.6. The predicted octanol–water partition coefficient (Wildman–Crippen LogP) is 1.35. The maximum absolute atomic E-state index is 12.7. The Morgan fingerprint density at radius 2 is 1.90 bits per heavy atom. The molecule has 0 bridgehead atoms. The minimum absolute atomic E-state index is 0.00417. The van der Waals surface area contributed by atoms with Crippen molar-refractivity contribution in [3.63, 3.8) is 0 Å². The van der Waals surface area contributed by atoms with Crippen LogP contribution in [0.4, 0.5) is 0 Å². The van der Waals surface area contributed by atoms with E-state index in [0.717, 1.165) is 12.8 Å². The van der Waals surface area contributed by atoms with Crippen LogP contribution in [0.3, 0.4) is 0 Å². The molecule has 0 spiro atoms. The molecule has 104 valence electrons. The van der Waals surface area contributed by atoms with Crippen molar-refractivity contribution in [2.45, 2.75) is 11.8 Å². The summed E-state index contributed by atoms with van der Waals surface area (Å²) in [6, 6.07) is 0. The molecule has 2 aromatic rings. The monoisotopic (exact) mass is 284 g/mol. The van der Waals surface area contributed by atoms with Crippen LogP contribution in [0.2, 0.25) is 0 Å². The first-order valence-corrected chi connectivity index (χ1v) is 6.17. The number of hydrogen-bond donors (Lipinski definition) is 1. The second-order valence-corrected chi connectivity index (χ2v) is 4.78. The van der Waals surface area contributed by atoms with E-state index in [1.165, 1.54) is 12.4 Å². The number of ketones is 2. The molecule has 7 heteroatoms. The second kappa shape index (κ2) is 3.78. The first-order chi connectivity index (χ1) is 10.2. The Balaban J connectivity index is 1.95. The maximum atomic E-state index is 12.7. The molecular formula is C14H8N2O5. The molecule has 7 nitrogen and oxygen atoms in total. The Bertz CT molecular complexity index is 814. The minimum Gasteiger partial charge on any atom is -0.509 e. The molecule has 0 aliphatic heterocycles. The minimum atomic E-state index is -1.59. The van der Waals surface area contributed by atoms with Gasteiger partial charge in [0.1, 0.15) is 17.1 Å². The predicted molar refractivity (Wildman–Crippen MR) is 66.9 cm³/mol. The summed E-state index contributed by atoms with van der Waals surface area (Å²) in [5.41, 5.74) is -1.37. The number of carbonyl (C=O) groups is 2. The number of rotatable bonds is 3. The lowest BCUT2D eigenvalue weighted by Gasteiger charge is -2.41. The van der Waals surface area contributed by atoms with E-state index in [4.69, 9.17) is 8.83 Å². The largest absolute Gasteiger partial charge is 0.509 e. The number of oxazole rings is 2. The third-order valence-electron chi connectivity index (χ3n) is 3.84. The average Bonchev–Trinajstić information content (AvgIpc) is 3.16. The Morgan fingerprint density at radius 3 is 2.38 bits per heavy atom. The molecule has 1 unspecified atom stereocenters. The third kappa shape index (κ3) is 1.23. The van der Waals surface area contributed by atoms with Crippen LogP contribution >= 0.6 is 0 Å². The van der Waals surface area contributed by atoms with Crippen molar-refractivity contribution in [3.8, 4) is 0 Å². The highest BCUT2D eigenvalue weighted by Crippen LogP contribution is 2.54. The number of aromatic nitrogens is 2. The van der Waals surface area contributed by atoms with Gasteiger partial charge in [0.15, 0.2) is 35.5 Å². The fourth-order valence-corrected chi connectivity index (χ4v) is 2.76. The van der Waals surface area contributed by atoms with Crippen LogP contribution in [0.5, 0.6) is 0 Å². The molecule has 0 fully saturated rings. The molecule has 2 aromatic heterocycles. The molecule has 2 aliphatic rings. The molecule has 2 heterocycles. The van der Waals surface area contributed by atoms with Crippen LogP contribution in [0, 0.1) is 0 Å². The second-order valence-electron chi connectivity index (χ2n) is 4.78. The van der Waals surface area contributed by atoms with E-state index in [1.807, 2.05) is 0 Å². The van der Waals surface area contributed by atoms with Gasteiger partial charge in [0.05, 0.1) is 12.4 Å². The Morgan fingerprint density at radius 1 is 1.14 bits per heavy atom. The van der Waals surface area contributed by atoms with Gasteiger partial charge in [0.25, 0.3) is 0 Å². The molecule has 0 amide bonds. The van der Waals surface area contributed by atoms with Crippen molar-refractivity contribution in [1.29, 1.82) is 0 Å². The summed E-state index contributed by atoms with van der Waals surface area (Å²) in [5.74, 6) is -0.677. The zero-order valence-electron chi connectivity index (χ0n) is 10.6. The smallest absolute Gasteiger partial charge is 0.196 e. The van der Waals surface area contributed by atoms with Crippen molar-refractivity contribution < 1.29 is 23.5 Å². The van der Waals surface area contributed by atoms with Crippen molar-refractivity contribution >= 4 is 17.1 Å². The Labute approximate surface area is 117 Å². The Hall–Kier alpha value is -2.96. The van der Waals surface area contributed by atoms with Crippen LogP contribution < -0.4 is 0 Å². The van der Waals surface area contributed by atoms with Crippen LogP contribution in [-0.4, -0.2) is 26.6 Å². The van der Waals surface area contributed by atoms with Crippen molar-refractivity contribution in [2.75, 3.05) is 0 Å². The SMILES string of the molecule is O=C1CC=C1C1(c2cnco2)C(=O)C(c2cnco2)=C1O. The van der Waals surface area contributed by atoms with Gasteiger partial charge >= 0.3 is 0 Å². The molecule has 0 saturated heterocycles. The highest BCUT2D eigenvalue weighted by molar-refractivity contribution is 6.37. The van der Waals surface area contributed by atoms with E-state index in [1.54, 1.807) is 6.08 Å². The summed E-state index contributed by atoms with van der Waals surface area (Å²) in [6.45, 7) is 0. The van der Waals surface area contributed by atoms with Gasteiger partial charge in [-0.25, -0.2) is 9.97 Å². The topological polar surface area (TPSA) is 106 Å². The van der Waals surface area contributed by atoms with Crippen molar-refractivity contribution in [1.82, 2.24) is 9.97 Å². The lowest BCUT2D eigenvalue weighted by molar-refractivity contribution is -0.125. The van der Waals surface area contributed by atoms with Crippen LogP contribution in [0.1, 0.15) is 17.9 Å². The summed E-state index contributed by atoms with van der Waals surface area (Å²) < 4.78 is 10.2. The molecule has 0 radical (unpaired) electrons. The maximum Gasteiger partial charge on any atom is 0.196 e. The van der Waals surface area contributed by atoms with Gasteiger partial charge in [-0.05, 0) is 0 Å². The van der Waals surface area contributed by atoms with Crippen molar-refractivity contribution in [2.24, 2.45) is 0 Å². The number of aliphatic hydroxyl groups is 1. The summed E-state index contributed by atoms with van der Waals surface area (Å²) in [5, 5.41) is 10.5. The van der Waals surface area contributed by atoms with E-state index >= 15 is 0 Å². The molecule has 0 saturated carbocycles. The van der Waals surface area contributed by atoms with E-state index in [9.17, 15) is 14.7 Å². The van der Waals surface area contributed by atoms with Gasteiger partial charge in [-0.1, -0.05) is 6.08 Å². The first kappa shape index (κ1) is 11.8. The van der Waals surface area contributed by atoms with Gasteiger partial charge in [-0.2, -0.15) is 0 Å².